The maximum Gasteiger partial charge on any atom is 0.178 e. The van der Waals surface area contributed by atoms with Crippen molar-refractivity contribution in [2.45, 2.75) is 19.1 Å². The summed E-state index contributed by atoms with van der Waals surface area (Å²) in [6, 6.07) is 16.0. The fraction of sp³-hybridized carbons (Fsp3) is 0.227. The Balaban J connectivity index is 1.36. The first-order chi connectivity index (χ1) is 14.0. The van der Waals surface area contributed by atoms with Crippen LogP contribution in [-0.4, -0.2) is 29.0 Å². The van der Waals surface area contributed by atoms with Gasteiger partial charge in [0.15, 0.2) is 5.58 Å². The third kappa shape index (κ3) is 4.64. The topological polar surface area (TPSA) is 67.5 Å². The number of aromatic nitrogens is 1. The van der Waals surface area contributed by atoms with Crippen molar-refractivity contribution in [3.05, 3.63) is 71.4 Å². The molecule has 29 heavy (non-hydrogen) atoms. The summed E-state index contributed by atoms with van der Waals surface area (Å²) >= 11 is 1.58. The number of fused-ring (bicyclic) bond motifs is 1. The van der Waals surface area contributed by atoms with Gasteiger partial charge in [-0.15, -0.1) is 11.3 Å². The second-order valence-corrected chi connectivity index (χ2v) is 8.07. The second-order valence-electron chi connectivity index (χ2n) is 7.15. The van der Waals surface area contributed by atoms with Crippen molar-refractivity contribution < 1.29 is 18.8 Å². The van der Waals surface area contributed by atoms with Crippen LogP contribution in [0.4, 0.5) is 4.39 Å². The molecule has 0 saturated carbocycles. The zero-order valence-corrected chi connectivity index (χ0v) is 16.7. The first-order valence-corrected chi connectivity index (χ1v) is 10.1. The fourth-order valence-corrected chi connectivity index (χ4v) is 3.81. The number of thiophene rings is 1. The smallest absolute Gasteiger partial charge is 0.178 e. The van der Waals surface area contributed by atoms with Gasteiger partial charge in [-0.3, -0.25) is 0 Å². The van der Waals surface area contributed by atoms with Crippen LogP contribution in [0, 0.1) is 5.82 Å². The predicted octanol–water partition coefficient (Wildman–Crippen LogP) is 4.62. The molecule has 0 spiro atoms. The highest BCUT2D eigenvalue weighted by molar-refractivity contribution is 7.17. The lowest BCUT2D eigenvalue weighted by Crippen LogP contribution is -2.42. The van der Waals surface area contributed by atoms with E-state index in [1.165, 1.54) is 6.07 Å². The Morgan fingerprint density at radius 2 is 2.07 bits per heavy atom. The molecule has 2 heterocycles. The molecule has 0 bridgehead atoms. The van der Waals surface area contributed by atoms with Gasteiger partial charge in [-0.05, 0) is 36.6 Å². The van der Waals surface area contributed by atoms with Gasteiger partial charge in [0.25, 0.3) is 0 Å². The zero-order chi connectivity index (χ0) is 20.3. The molecule has 150 valence electrons. The van der Waals surface area contributed by atoms with E-state index in [0.29, 0.717) is 17.9 Å². The van der Waals surface area contributed by atoms with E-state index in [-0.39, 0.29) is 19.0 Å². The Bertz CT molecular complexity index is 1110. The largest absolute Gasteiger partial charge is 0.491 e. The maximum atomic E-state index is 13.7. The van der Waals surface area contributed by atoms with E-state index >= 15 is 0 Å². The number of rotatable bonds is 8. The van der Waals surface area contributed by atoms with E-state index in [1.807, 2.05) is 35.7 Å². The van der Waals surface area contributed by atoms with Crippen LogP contribution in [0.2, 0.25) is 0 Å². The van der Waals surface area contributed by atoms with Crippen molar-refractivity contribution in [3.63, 3.8) is 0 Å². The Hall–Kier alpha value is -2.74. The number of hydrogen-bond acceptors (Lipinski definition) is 6. The van der Waals surface area contributed by atoms with E-state index < -0.39 is 5.60 Å². The number of benzene rings is 2. The summed E-state index contributed by atoms with van der Waals surface area (Å²) in [5.41, 5.74) is 1.88. The average Bonchev–Trinajstić information content (AvgIpc) is 3.32. The van der Waals surface area contributed by atoms with Crippen LogP contribution in [0.3, 0.4) is 0 Å². The van der Waals surface area contributed by atoms with Gasteiger partial charge < -0.3 is 19.7 Å². The Morgan fingerprint density at radius 3 is 2.93 bits per heavy atom. The van der Waals surface area contributed by atoms with Crippen LogP contribution < -0.4 is 10.1 Å². The van der Waals surface area contributed by atoms with Crippen LogP contribution in [0.25, 0.3) is 21.5 Å². The van der Waals surface area contributed by atoms with Gasteiger partial charge >= 0.3 is 0 Å². The van der Waals surface area contributed by atoms with E-state index in [1.54, 1.807) is 36.5 Å². The molecular formula is C22H21FN2O3S. The molecule has 2 N–H and O–H groups in total. The molecule has 0 fully saturated rings. The van der Waals surface area contributed by atoms with Crippen LogP contribution in [0.5, 0.6) is 5.75 Å². The van der Waals surface area contributed by atoms with Crippen LogP contribution >= 0.6 is 11.3 Å². The zero-order valence-electron chi connectivity index (χ0n) is 15.9. The van der Waals surface area contributed by atoms with Gasteiger partial charge in [-0.1, -0.05) is 35.5 Å². The molecule has 1 atom stereocenters. The normalized spacial score (nSPS) is 13.5. The first-order valence-electron chi connectivity index (χ1n) is 9.24. The molecule has 2 aromatic carbocycles. The number of ether oxygens (including phenoxy) is 1. The molecule has 7 heteroatoms. The number of nitrogens with zero attached hydrogens (tertiary/aromatic N) is 1. The Labute approximate surface area is 171 Å². The molecule has 0 unspecified atom stereocenters. The summed E-state index contributed by atoms with van der Waals surface area (Å²) in [4.78, 5) is 0. The quantitative estimate of drug-likeness (QED) is 0.442. The van der Waals surface area contributed by atoms with Gasteiger partial charge in [0, 0.05) is 24.2 Å². The van der Waals surface area contributed by atoms with Crippen molar-refractivity contribution >= 4 is 21.6 Å². The molecule has 4 rings (SSSR count). The highest BCUT2D eigenvalue weighted by atomic mass is 32.1. The maximum absolute atomic E-state index is 13.7. The Kier molecular flexibility index (Phi) is 5.62. The van der Waals surface area contributed by atoms with Crippen molar-refractivity contribution in [1.82, 2.24) is 10.5 Å². The lowest BCUT2D eigenvalue weighted by atomic mass is 10.1. The summed E-state index contributed by atoms with van der Waals surface area (Å²) in [6.45, 7) is 2.37. The minimum Gasteiger partial charge on any atom is -0.491 e. The summed E-state index contributed by atoms with van der Waals surface area (Å²) in [5.74, 6) is 0.366. The molecule has 5 nitrogen and oxygen atoms in total. The summed E-state index contributed by atoms with van der Waals surface area (Å²) in [7, 11) is 0. The first kappa shape index (κ1) is 19.6. The summed E-state index contributed by atoms with van der Waals surface area (Å²) in [5, 5.41) is 19.8. The van der Waals surface area contributed by atoms with Crippen molar-refractivity contribution in [2.75, 3.05) is 13.2 Å². The molecular weight excluding hydrogens is 391 g/mol. The lowest BCUT2D eigenvalue weighted by Gasteiger charge is -2.24. The molecule has 2 aromatic heterocycles. The lowest BCUT2D eigenvalue weighted by molar-refractivity contribution is 0.0120. The highest BCUT2D eigenvalue weighted by Gasteiger charge is 2.21. The van der Waals surface area contributed by atoms with E-state index in [4.69, 9.17) is 9.26 Å². The second kappa shape index (κ2) is 8.32. The molecule has 0 aliphatic heterocycles. The Morgan fingerprint density at radius 1 is 1.21 bits per heavy atom. The van der Waals surface area contributed by atoms with Crippen molar-refractivity contribution in [1.29, 1.82) is 0 Å². The summed E-state index contributed by atoms with van der Waals surface area (Å²) < 4.78 is 25.8. The van der Waals surface area contributed by atoms with Gasteiger partial charge in [0.1, 0.15) is 34.2 Å². The fourth-order valence-electron chi connectivity index (χ4n) is 2.99. The third-order valence-corrected chi connectivity index (χ3v) is 5.42. The third-order valence-electron chi connectivity index (χ3n) is 4.52. The molecule has 0 saturated heterocycles. The molecule has 0 amide bonds. The monoisotopic (exact) mass is 412 g/mol. The molecule has 0 radical (unpaired) electrons. The van der Waals surface area contributed by atoms with E-state index in [2.05, 4.69) is 10.5 Å². The van der Waals surface area contributed by atoms with Gasteiger partial charge in [0.2, 0.25) is 0 Å². The van der Waals surface area contributed by atoms with Crippen molar-refractivity contribution in [3.8, 4) is 17.0 Å². The number of hydrogen-bond donors (Lipinski definition) is 2. The molecule has 4 aromatic rings. The number of nitrogens with one attached hydrogen (secondary N) is 1. The van der Waals surface area contributed by atoms with Crippen LogP contribution in [-0.2, 0) is 6.54 Å². The number of aliphatic hydroxyl groups is 1. The minimum absolute atomic E-state index is 0.0912. The standard InChI is InChI=1S/C22H21FN2O3S/c1-22(26,13-24-12-16-5-2-3-8-18(16)23)14-27-17-7-4-6-15(11-17)20-21-19(28-25-20)9-10-29-21/h2-11,24,26H,12-14H2,1H3/t22-/m0/s1. The van der Waals surface area contributed by atoms with Gasteiger partial charge in [-0.2, -0.15) is 0 Å². The number of halogens is 1. The SMILES string of the molecule is C[C@](O)(CNCc1ccccc1F)COc1cccc(-c2noc3ccsc23)c1. The van der Waals surface area contributed by atoms with Gasteiger partial charge in [0.05, 0.1) is 0 Å². The molecule has 0 aliphatic rings. The van der Waals surface area contributed by atoms with E-state index in [0.717, 1.165) is 21.5 Å². The highest BCUT2D eigenvalue weighted by Crippen LogP contribution is 2.33. The van der Waals surface area contributed by atoms with Crippen LogP contribution in [0.15, 0.2) is 64.5 Å². The van der Waals surface area contributed by atoms with Gasteiger partial charge in [-0.25, -0.2) is 4.39 Å². The van der Waals surface area contributed by atoms with E-state index in [9.17, 15) is 9.50 Å². The summed E-state index contributed by atoms with van der Waals surface area (Å²) in [6.07, 6.45) is 0. The minimum atomic E-state index is -1.11. The predicted molar refractivity (Wildman–Crippen MR) is 112 cm³/mol. The van der Waals surface area contributed by atoms with Crippen molar-refractivity contribution in [2.24, 2.45) is 0 Å². The average molecular weight is 412 g/mol. The molecule has 0 aliphatic carbocycles. The van der Waals surface area contributed by atoms with Crippen LogP contribution in [0.1, 0.15) is 12.5 Å².